The second kappa shape index (κ2) is 9.32. The summed E-state index contributed by atoms with van der Waals surface area (Å²) in [7, 11) is 1.55. The van der Waals surface area contributed by atoms with Crippen LogP contribution >= 0.6 is 0 Å². The van der Waals surface area contributed by atoms with E-state index in [2.05, 4.69) is 0 Å². The van der Waals surface area contributed by atoms with Gasteiger partial charge < -0.3 is 14.4 Å². The Labute approximate surface area is 185 Å². The molecule has 0 atom stereocenters. The number of carbonyl (C=O) groups is 4. The predicted octanol–water partition coefficient (Wildman–Crippen LogP) is 2.46. The Morgan fingerprint density at radius 1 is 1.03 bits per heavy atom. The SMILES string of the molecule is COCCCN1C(=O)c2ccc(C(=O)OCC(=O)N3CCCc4ccccc43)cc2C1=O. The fraction of sp³-hybridized carbons (Fsp3) is 0.333. The lowest BCUT2D eigenvalue weighted by Crippen LogP contribution is -2.38. The molecule has 0 saturated heterocycles. The van der Waals surface area contributed by atoms with E-state index in [0.29, 0.717) is 19.6 Å². The van der Waals surface area contributed by atoms with Gasteiger partial charge in [0.15, 0.2) is 6.61 Å². The van der Waals surface area contributed by atoms with Crippen LogP contribution in [0.5, 0.6) is 0 Å². The minimum atomic E-state index is -0.718. The third kappa shape index (κ3) is 4.13. The van der Waals surface area contributed by atoms with E-state index >= 15 is 0 Å². The highest BCUT2D eigenvalue weighted by atomic mass is 16.5. The van der Waals surface area contributed by atoms with Crippen LogP contribution in [0.1, 0.15) is 49.5 Å². The number of amides is 3. The molecule has 3 amide bonds. The molecule has 2 aromatic carbocycles. The van der Waals surface area contributed by atoms with Gasteiger partial charge in [-0.25, -0.2) is 4.79 Å². The lowest BCUT2D eigenvalue weighted by Gasteiger charge is -2.29. The van der Waals surface area contributed by atoms with E-state index in [9.17, 15) is 19.2 Å². The average Bonchev–Trinajstić information content (AvgIpc) is 3.06. The van der Waals surface area contributed by atoms with Crippen molar-refractivity contribution < 1.29 is 28.7 Å². The van der Waals surface area contributed by atoms with Crippen molar-refractivity contribution in [2.24, 2.45) is 0 Å². The molecule has 8 heteroatoms. The zero-order chi connectivity index (χ0) is 22.7. The van der Waals surface area contributed by atoms with Crippen LogP contribution in [-0.4, -0.2) is 62.0 Å². The van der Waals surface area contributed by atoms with Gasteiger partial charge in [0.1, 0.15) is 0 Å². The standard InChI is InChI=1S/C24H24N2O6/c1-31-13-5-12-26-22(28)18-10-9-17(14-19(18)23(26)29)24(30)32-15-21(27)25-11-4-7-16-6-2-3-8-20(16)25/h2-3,6,8-10,14H,4-5,7,11-13,15H2,1H3. The Morgan fingerprint density at radius 2 is 1.81 bits per heavy atom. The number of rotatable bonds is 7. The van der Waals surface area contributed by atoms with Crippen LogP contribution in [0.3, 0.4) is 0 Å². The normalized spacial score (nSPS) is 14.9. The van der Waals surface area contributed by atoms with Crippen LogP contribution in [0.15, 0.2) is 42.5 Å². The van der Waals surface area contributed by atoms with Gasteiger partial charge in [0.25, 0.3) is 17.7 Å². The Morgan fingerprint density at radius 3 is 2.62 bits per heavy atom. The van der Waals surface area contributed by atoms with Gasteiger partial charge in [0.2, 0.25) is 0 Å². The number of para-hydroxylation sites is 1. The Hall–Kier alpha value is -3.52. The zero-order valence-corrected chi connectivity index (χ0v) is 17.8. The molecule has 0 unspecified atom stereocenters. The van der Waals surface area contributed by atoms with Gasteiger partial charge in [0.05, 0.1) is 16.7 Å². The molecule has 0 saturated carbocycles. The molecule has 0 aliphatic carbocycles. The number of hydrogen-bond acceptors (Lipinski definition) is 6. The van der Waals surface area contributed by atoms with Gasteiger partial charge in [-0.3, -0.25) is 19.3 Å². The Kier molecular flexibility index (Phi) is 6.32. The van der Waals surface area contributed by atoms with Crippen molar-refractivity contribution in [1.82, 2.24) is 4.90 Å². The average molecular weight is 436 g/mol. The first kappa shape index (κ1) is 21.7. The second-order valence-corrected chi connectivity index (χ2v) is 7.72. The minimum absolute atomic E-state index is 0.121. The zero-order valence-electron chi connectivity index (χ0n) is 17.8. The van der Waals surface area contributed by atoms with E-state index in [4.69, 9.17) is 9.47 Å². The number of methoxy groups -OCH3 is 1. The molecule has 2 aliphatic heterocycles. The van der Waals surface area contributed by atoms with E-state index in [1.165, 1.54) is 18.2 Å². The van der Waals surface area contributed by atoms with Crippen molar-refractivity contribution >= 4 is 29.4 Å². The molecule has 2 aliphatic rings. The highest BCUT2D eigenvalue weighted by molar-refractivity contribution is 6.22. The Bertz CT molecular complexity index is 1080. The molecule has 8 nitrogen and oxygen atoms in total. The molecule has 32 heavy (non-hydrogen) atoms. The fourth-order valence-electron chi connectivity index (χ4n) is 4.07. The molecule has 166 valence electrons. The molecule has 2 aromatic rings. The molecular weight excluding hydrogens is 412 g/mol. The number of benzene rings is 2. The molecule has 0 bridgehead atoms. The van der Waals surface area contributed by atoms with Crippen molar-refractivity contribution in [3.63, 3.8) is 0 Å². The number of imide groups is 1. The number of fused-ring (bicyclic) bond motifs is 2. The number of carbonyl (C=O) groups excluding carboxylic acids is 4. The summed E-state index contributed by atoms with van der Waals surface area (Å²) in [5, 5.41) is 0. The number of esters is 1. The summed E-state index contributed by atoms with van der Waals surface area (Å²) in [4.78, 5) is 53.1. The van der Waals surface area contributed by atoms with Gasteiger partial charge in [-0.15, -0.1) is 0 Å². The van der Waals surface area contributed by atoms with Gasteiger partial charge in [-0.1, -0.05) is 18.2 Å². The first-order valence-electron chi connectivity index (χ1n) is 10.6. The van der Waals surface area contributed by atoms with Gasteiger partial charge in [0, 0.05) is 32.5 Å². The molecule has 0 fully saturated rings. The molecule has 2 heterocycles. The fourth-order valence-corrected chi connectivity index (χ4v) is 4.07. The molecule has 0 radical (unpaired) electrons. The van der Waals surface area contributed by atoms with Crippen molar-refractivity contribution in [1.29, 1.82) is 0 Å². The summed E-state index contributed by atoms with van der Waals surface area (Å²) < 4.78 is 10.2. The van der Waals surface area contributed by atoms with Crippen LogP contribution in [0.25, 0.3) is 0 Å². The summed E-state index contributed by atoms with van der Waals surface area (Å²) in [6.45, 7) is 0.842. The quantitative estimate of drug-likeness (QED) is 0.376. The van der Waals surface area contributed by atoms with Crippen molar-refractivity contribution in [3.05, 3.63) is 64.7 Å². The second-order valence-electron chi connectivity index (χ2n) is 7.72. The number of hydrogen-bond donors (Lipinski definition) is 0. The minimum Gasteiger partial charge on any atom is -0.452 e. The molecule has 0 spiro atoms. The molecule has 4 rings (SSSR count). The predicted molar refractivity (Wildman–Crippen MR) is 116 cm³/mol. The molecular formula is C24H24N2O6. The third-order valence-electron chi connectivity index (χ3n) is 5.67. The lowest BCUT2D eigenvalue weighted by atomic mass is 10.0. The summed E-state index contributed by atoms with van der Waals surface area (Å²) in [6.07, 6.45) is 2.28. The van der Waals surface area contributed by atoms with Crippen LogP contribution in [-0.2, 0) is 20.7 Å². The number of aryl methyl sites for hydroxylation is 1. The number of anilines is 1. The van der Waals surface area contributed by atoms with E-state index < -0.39 is 18.5 Å². The topological polar surface area (TPSA) is 93.2 Å². The maximum absolute atomic E-state index is 12.7. The Balaban J connectivity index is 1.41. The van der Waals surface area contributed by atoms with Crippen molar-refractivity contribution in [2.75, 3.05) is 38.3 Å². The lowest BCUT2D eigenvalue weighted by molar-refractivity contribution is -0.121. The van der Waals surface area contributed by atoms with Gasteiger partial charge >= 0.3 is 5.97 Å². The maximum atomic E-state index is 12.7. The van der Waals surface area contributed by atoms with Gasteiger partial charge in [-0.2, -0.15) is 0 Å². The third-order valence-corrected chi connectivity index (χ3v) is 5.67. The number of nitrogens with zero attached hydrogens (tertiary/aromatic N) is 2. The largest absolute Gasteiger partial charge is 0.452 e. The number of ether oxygens (including phenoxy) is 2. The van der Waals surface area contributed by atoms with Crippen LogP contribution in [0, 0.1) is 0 Å². The first-order chi connectivity index (χ1) is 15.5. The highest BCUT2D eigenvalue weighted by Crippen LogP contribution is 2.27. The van der Waals surface area contributed by atoms with E-state index in [0.717, 1.165) is 29.0 Å². The van der Waals surface area contributed by atoms with Gasteiger partial charge in [-0.05, 0) is 49.1 Å². The summed E-state index contributed by atoms with van der Waals surface area (Å²) in [6, 6.07) is 11.9. The van der Waals surface area contributed by atoms with Crippen molar-refractivity contribution in [2.45, 2.75) is 19.3 Å². The van der Waals surface area contributed by atoms with E-state index in [1.54, 1.807) is 12.0 Å². The van der Waals surface area contributed by atoms with E-state index in [-0.39, 0.29) is 35.0 Å². The molecule has 0 N–H and O–H groups in total. The summed E-state index contributed by atoms with van der Waals surface area (Å²) in [5.41, 5.74) is 2.48. The van der Waals surface area contributed by atoms with Crippen LogP contribution in [0.2, 0.25) is 0 Å². The van der Waals surface area contributed by atoms with Crippen LogP contribution < -0.4 is 4.90 Å². The monoisotopic (exact) mass is 436 g/mol. The van der Waals surface area contributed by atoms with Crippen LogP contribution in [0.4, 0.5) is 5.69 Å². The summed E-state index contributed by atoms with van der Waals surface area (Å²) in [5.74, 6) is -1.86. The first-order valence-corrected chi connectivity index (χ1v) is 10.6. The molecule has 0 aromatic heterocycles. The maximum Gasteiger partial charge on any atom is 0.338 e. The van der Waals surface area contributed by atoms with E-state index in [1.807, 2.05) is 24.3 Å². The van der Waals surface area contributed by atoms with Crippen molar-refractivity contribution in [3.8, 4) is 0 Å². The smallest absolute Gasteiger partial charge is 0.338 e. The summed E-state index contributed by atoms with van der Waals surface area (Å²) >= 11 is 0. The highest BCUT2D eigenvalue weighted by Gasteiger charge is 2.35.